The van der Waals surface area contributed by atoms with Crippen LogP contribution in [0.15, 0.2) is 18.6 Å². The van der Waals surface area contributed by atoms with E-state index < -0.39 is 5.60 Å². The van der Waals surface area contributed by atoms with E-state index in [0.717, 1.165) is 18.4 Å². The molecule has 0 aliphatic carbocycles. The molecular weight excluding hydrogens is 272 g/mol. The maximum atomic E-state index is 11.0. The van der Waals surface area contributed by atoms with Crippen molar-refractivity contribution >= 4 is 17.4 Å². The molecule has 2 aromatic heterocycles. The maximum Gasteiger partial charge on any atom is 0.172 e. The summed E-state index contributed by atoms with van der Waals surface area (Å²) in [6.45, 7) is 0. The number of hydrogen-bond donors (Lipinski definition) is 1. The van der Waals surface area contributed by atoms with Crippen molar-refractivity contribution in [3.63, 3.8) is 0 Å². The second kappa shape index (κ2) is 4.21. The van der Waals surface area contributed by atoms with Crippen molar-refractivity contribution in [2.45, 2.75) is 41.8 Å². The first kappa shape index (κ1) is 12.2. The summed E-state index contributed by atoms with van der Waals surface area (Å²) in [7, 11) is 0. The summed E-state index contributed by atoms with van der Waals surface area (Å²) in [5, 5.41) is 25.2. The van der Waals surface area contributed by atoms with Crippen LogP contribution in [0.5, 0.6) is 0 Å². The maximum absolute atomic E-state index is 11.0. The van der Waals surface area contributed by atoms with Gasteiger partial charge in [0.1, 0.15) is 11.6 Å². The molecule has 2 saturated heterocycles. The van der Waals surface area contributed by atoms with Crippen LogP contribution in [-0.2, 0) is 5.60 Å². The normalized spacial score (nSPS) is 32.4. The molecule has 0 saturated carbocycles. The van der Waals surface area contributed by atoms with Gasteiger partial charge in [-0.25, -0.2) is 9.50 Å². The van der Waals surface area contributed by atoms with E-state index in [9.17, 15) is 5.11 Å². The van der Waals surface area contributed by atoms with Gasteiger partial charge >= 0.3 is 0 Å². The lowest BCUT2D eigenvalue weighted by Crippen LogP contribution is -2.35. The highest BCUT2D eigenvalue weighted by Gasteiger charge is 2.44. The zero-order valence-corrected chi connectivity index (χ0v) is 11.7. The van der Waals surface area contributed by atoms with Gasteiger partial charge in [-0.15, -0.1) is 0 Å². The number of aromatic nitrogens is 3. The predicted octanol–water partition coefficient (Wildman–Crippen LogP) is 1.85. The van der Waals surface area contributed by atoms with Crippen LogP contribution in [0.2, 0.25) is 0 Å². The first-order valence-electron chi connectivity index (χ1n) is 6.80. The Morgan fingerprint density at radius 2 is 2.10 bits per heavy atom. The second-order valence-electron chi connectivity index (χ2n) is 5.68. The van der Waals surface area contributed by atoms with E-state index in [0.29, 0.717) is 21.7 Å². The van der Waals surface area contributed by atoms with Crippen molar-refractivity contribution in [2.24, 2.45) is 0 Å². The molecule has 0 radical (unpaired) electrons. The molecule has 2 aromatic rings. The van der Waals surface area contributed by atoms with Gasteiger partial charge in [-0.05, 0) is 25.7 Å². The highest BCUT2D eigenvalue weighted by atomic mass is 32.2. The highest BCUT2D eigenvalue weighted by Crippen LogP contribution is 2.51. The summed E-state index contributed by atoms with van der Waals surface area (Å²) in [4.78, 5) is 4.31. The van der Waals surface area contributed by atoms with Crippen molar-refractivity contribution in [1.29, 1.82) is 5.26 Å². The van der Waals surface area contributed by atoms with Crippen LogP contribution in [0.3, 0.4) is 0 Å². The van der Waals surface area contributed by atoms with Gasteiger partial charge in [-0.3, -0.25) is 0 Å². The Labute approximate surface area is 120 Å². The molecule has 1 N–H and O–H groups in total. The van der Waals surface area contributed by atoms with E-state index in [1.54, 1.807) is 10.7 Å². The minimum atomic E-state index is -0.795. The van der Waals surface area contributed by atoms with Gasteiger partial charge in [-0.1, -0.05) is 0 Å². The minimum absolute atomic E-state index is 0.461. The molecule has 20 heavy (non-hydrogen) atoms. The van der Waals surface area contributed by atoms with Crippen LogP contribution in [0.25, 0.3) is 5.65 Å². The van der Waals surface area contributed by atoms with Crippen molar-refractivity contribution in [3.05, 3.63) is 29.7 Å². The molecule has 4 heterocycles. The molecule has 2 aliphatic heterocycles. The molecule has 2 fully saturated rings. The van der Waals surface area contributed by atoms with Gasteiger partial charge in [0.25, 0.3) is 0 Å². The van der Waals surface area contributed by atoms with Gasteiger partial charge in [0.2, 0.25) is 0 Å². The molecule has 2 unspecified atom stereocenters. The largest absolute Gasteiger partial charge is 0.385 e. The van der Waals surface area contributed by atoms with Crippen molar-refractivity contribution in [1.82, 2.24) is 14.6 Å². The number of thioether (sulfide) groups is 1. The van der Waals surface area contributed by atoms with E-state index in [4.69, 9.17) is 5.26 Å². The number of fused-ring (bicyclic) bond motifs is 3. The smallest absolute Gasteiger partial charge is 0.172 e. The van der Waals surface area contributed by atoms with Crippen LogP contribution in [-0.4, -0.2) is 30.2 Å². The Kier molecular flexibility index (Phi) is 2.56. The Morgan fingerprint density at radius 1 is 1.35 bits per heavy atom. The average Bonchev–Trinajstić information content (AvgIpc) is 3.01. The topological polar surface area (TPSA) is 74.2 Å². The lowest BCUT2D eigenvalue weighted by molar-refractivity contribution is 0.0188. The van der Waals surface area contributed by atoms with Crippen molar-refractivity contribution < 1.29 is 5.11 Å². The first-order valence-corrected chi connectivity index (χ1v) is 7.74. The van der Waals surface area contributed by atoms with Crippen LogP contribution in [0.1, 0.15) is 36.8 Å². The van der Waals surface area contributed by atoms with E-state index in [1.165, 1.54) is 19.0 Å². The van der Waals surface area contributed by atoms with Crippen LogP contribution >= 0.6 is 11.8 Å². The molecule has 2 bridgehead atoms. The van der Waals surface area contributed by atoms with Gasteiger partial charge in [0.15, 0.2) is 5.65 Å². The highest BCUT2D eigenvalue weighted by molar-refractivity contribution is 8.00. The lowest BCUT2D eigenvalue weighted by Gasteiger charge is -2.36. The van der Waals surface area contributed by atoms with E-state index in [2.05, 4.69) is 16.2 Å². The quantitative estimate of drug-likeness (QED) is 0.866. The fourth-order valence-corrected chi connectivity index (χ4v) is 5.18. The van der Waals surface area contributed by atoms with Crippen LogP contribution in [0, 0.1) is 11.3 Å². The Morgan fingerprint density at radius 3 is 2.80 bits per heavy atom. The van der Waals surface area contributed by atoms with Crippen molar-refractivity contribution in [3.8, 4) is 6.07 Å². The van der Waals surface area contributed by atoms with Crippen molar-refractivity contribution in [2.75, 3.05) is 0 Å². The summed E-state index contributed by atoms with van der Waals surface area (Å²) in [6, 6.07) is 2.07. The summed E-state index contributed by atoms with van der Waals surface area (Å²) < 4.78 is 1.59. The molecule has 102 valence electrons. The Balaban J connectivity index is 1.76. The summed E-state index contributed by atoms with van der Waals surface area (Å²) >= 11 is 2.01. The van der Waals surface area contributed by atoms with E-state index >= 15 is 0 Å². The molecule has 5 nitrogen and oxygen atoms in total. The molecule has 0 aromatic carbocycles. The molecule has 6 heteroatoms. The molecule has 0 spiro atoms. The molecular formula is C14H14N4OS. The molecule has 0 amide bonds. The number of hydrogen-bond acceptors (Lipinski definition) is 5. The summed E-state index contributed by atoms with van der Waals surface area (Å²) in [6.07, 6.45) is 9.01. The van der Waals surface area contributed by atoms with Crippen LogP contribution in [0.4, 0.5) is 0 Å². The number of rotatable bonds is 1. The first-order chi connectivity index (χ1) is 9.68. The third-order valence-corrected chi connectivity index (χ3v) is 5.92. The lowest BCUT2D eigenvalue weighted by atomic mass is 9.88. The number of nitriles is 1. The SMILES string of the molecule is N#Cc1cnn2cc(C3(O)CC4CCC(C3)S4)cnc12. The monoisotopic (exact) mass is 286 g/mol. The zero-order chi connectivity index (χ0) is 13.7. The number of aliphatic hydroxyl groups is 1. The fraction of sp³-hybridized carbons (Fsp3) is 0.500. The van der Waals surface area contributed by atoms with Gasteiger partial charge in [0.05, 0.1) is 11.8 Å². The van der Waals surface area contributed by atoms with E-state index in [1.807, 2.05) is 18.0 Å². The summed E-state index contributed by atoms with van der Waals surface area (Å²) in [5.74, 6) is 0. The third-order valence-electron chi connectivity index (χ3n) is 4.34. The number of nitrogens with zero attached hydrogens (tertiary/aromatic N) is 4. The van der Waals surface area contributed by atoms with Gasteiger partial charge in [0, 0.05) is 28.5 Å². The summed E-state index contributed by atoms with van der Waals surface area (Å²) in [5.41, 5.74) is 1.03. The van der Waals surface area contributed by atoms with Gasteiger partial charge < -0.3 is 5.11 Å². The van der Waals surface area contributed by atoms with Crippen LogP contribution < -0.4 is 0 Å². The fourth-order valence-electron chi connectivity index (χ4n) is 3.35. The molecule has 2 aliphatic rings. The minimum Gasteiger partial charge on any atom is -0.385 e. The van der Waals surface area contributed by atoms with Gasteiger partial charge in [-0.2, -0.15) is 22.1 Å². The standard InChI is InChI=1S/C14H14N4OS/c15-5-9-6-17-18-8-10(7-16-13(9)18)14(19)3-11-1-2-12(4-14)20-11/h6-8,11-12,19H,1-4H2. The third kappa shape index (κ3) is 1.74. The Bertz CT molecular complexity index is 708. The average molecular weight is 286 g/mol. The Hall–Kier alpha value is -1.58. The molecule has 2 atom stereocenters. The van der Waals surface area contributed by atoms with E-state index in [-0.39, 0.29) is 0 Å². The zero-order valence-electron chi connectivity index (χ0n) is 10.9. The predicted molar refractivity (Wildman–Crippen MR) is 75.2 cm³/mol. The second-order valence-corrected chi connectivity index (χ2v) is 7.28. The molecule has 4 rings (SSSR count).